The quantitative estimate of drug-likeness (QED) is 0.934. The highest BCUT2D eigenvalue weighted by Crippen LogP contribution is 2.36. The van der Waals surface area contributed by atoms with E-state index in [0.29, 0.717) is 18.4 Å². The standard InChI is InChI=1S/C19H20FNO3/c20-15-3-1-13(2-4-15)17-7-8-21-10-14(17)11-22-16-5-6-18-19(9-16)24-12-23-18/h1-6,9,14,17,21H,7-8,10-12H2/t14-,17?/m1/s1. The van der Waals surface area contributed by atoms with E-state index in [-0.39, 0.29) is 12.6 Å². The van der Waals surface area contributed by atoms with Crippen LogP contribution in [0, 0.1) is 11.7 Å². The lowest BCUT2D eigenvalue weighted by molar-refractivity contribution is 0.173. The van der Waals surface area contributed by atoms with Crippen molar-refractivity contribution in [3.8, 4) is 17.2 Å². The van der Waals surface area contributed by atoms with Gasteiger partial charge in [0.15, 0.2) is 11.5 Å². The molecule has 4 rings (SSSR count). The molecule has 4 nitrogen and oxygen atoms in total. The summed E-state index contributed by atoms with van der Waals surface area (Å²) < 4.78 is 29.9. The van der Waals surface area contributed by atoms with Crippen LogP contribution in [0.2, 0.25) is 0 Å². The van der Waals surface area contributed by atoms with Crippen molar-refractivity contribution >= 4 is 0 Å². The Balaban J connectivity index is 1.44. The molecule has 2 aliphatic heterocycles. The first-order chi connectivity index (χ1) is 11.8. The number of fused-ring (bicyclic) bond motifs is 1. The van der Waals surface area contributed by atoms with Crippen LogP contribution in [0.1, 0.15) is 17.9 Å². The van der Waals surface area contributed by atoms with Gasteiger partial charge in [0, 0.05) is 18.5 Å². The summed E-state index contributed by atoms with van der Waals surface area (Å²) in [6, 6.07) is 12.5. The molecule has 2 aromatic rings. The van der Waals surface area contributed by atoms with Crippen LogP contribution >= 0.6 is 0 Å². The second-order valence-electron chi connectivity index (χ2n) is 6.24. The predicted octanol–water partition coefficient (Wildman–Crippen LogP) is 3.33. The minimum atomic E-state index is -0.194. The molecule has 126 valence electrons. The second kappa shape index (κ2) is 6.69. The highest BCUT2D eigenvalue weighted by Gasteiger charge is 2.27. The molecule has 24 heavy (non-hydrogen) atoms. The van der Waals surface area contributed by atoms with Gasteiger partial charge in [-0.15, -0.1) is 0 Å². The molecule has 5 heteroatoms. The van der Waals surface area contributed by atoms with Crippen LogP contribution < -0.4 is 19.5 Å². The Hall–Kier alpha value is -2.27. The Kier molecular flexibility index (Phi) is 4.26. The summed E-state index contributed by atoms with van der Waals surface area (Å²) in [7, 11) is 0. The normalized spacial score (nSPS) is 22.4. The zero-order valence-corrected chi connectivity index (χ0v) is 13.3. The van der Waals surface area contributed by atoms with Crippen molar-refractivity contribution in [2.75, 3.05) is 26.5 Å². The monoisotopic (exact) mass is 329 g/mol. The molecule has 2 atom stereocenters. The molecular weight excluding hydrogens is 309 g/mol. The second-order valence-corrected chi connectivity index (χ2v) is 6.24. The van der Waals surface area contributed by atoms with Gasteiger partial charge in [-0.1, -0.05) is 12.1 Å². The van der Waals surface area contributed by atoms with Gasteiger partial charge in [-0.05, 0) is 48.7 Å². The van der Waals surface area contributed by atoms with Crippen LogP contribution in [0.15, 0.2) is 42.5 Å². The van der Waals surface area contributed by atoms with Crippen molar-refractivity contribution in [3.63, 3.8) is 0 Å². The molecule has 0 aromatic heterocycles. The van der Waals surface area contributed by atoms with E-state index in [1.165, 1.54) is 17.7 Å². The van der Waals surface area contributed by atoms with E-state index < -0.39 is 0 Å². The molecule has 1 saturated heterocycles. The van der Waals surface area contributed by atoms with E-state index >= 15 is 0 Å². The average molecular weight is 329 g/mol. The Morgan fingerprint density at radius 3 is 2.79 bits per heavy atom. The molecule has 1 N–H and O–H groups in total. The van der Waals surface area contributed by atoms with Crippen LogP contribution in [0.25, 0.3) is 0 Å². The summed E-state index contributed by atoms with van der Waals surface area (Å²) in [6.07, 6.45) is 1.03. The van der Waals surface area contributed by atoms with Gasteiger partial charge in [0.25, 0.3) is 0 Å². The first kappa shape index (κ1) is 15.3. The molecule has 0 amide bonds. The molecule has 0 spiro atoms. The predicted molar refractivity (Wildman–Crippen MR) is 88.2 cm³/mol. The van der Waals surface area contributed by atoms with Crippen LogP contribution in [0.3, 0.4) is 0 Å². The van der Waals surface area contributed by atoms with E-state index in [1.807, 2.05) is 30.3 Å². The number of halogens is 1. The Labute approximate surface area is 140 Å². The third-order valence-electron chi connectivity index (χ3n) is 4.71. The SMILES string of the molecule is Fc1ccc(C2CCNC[C@@H]2COc2ccc3c(c2)OCO3)cc1. The zero-order valence-electron chi connectivity index (χ0n) is 13.3. The maximum Gasteiger partial charge on any atom is 0.231 e. The van der Waals surface area contributed by atoms with Gasteiger partial charge in [-0.25, -0.2) is 4.39 Å². The molecule has 2 aromatic carbocycles. The first-order valence-corrected chi connectivity index (χ1v) is 8.28. The fraction of sp³-hybridized carbons (Fsp3) is 0.368. The number of rotatable bonds is 4. The lowest BCUT2D eigenvalue weighted by atomic mass is 9.81. The lowest BCUT2D eigenvalue weighted by Gasteiger charge is -2.32. The third kappa shape index (κ3) is 3.17. The number of piperidine rings is 1. The summed E-state index contributed by atoms with van der Waals surface area (Å²) >= 11 is 0. The fourth-order valence-corrected chi connectivity index (χ4v) is 3.42. The van der Waals surface area contributed by atoms with Gasteiger partial charge in [-0.3, -0.25) is 0 Å². The highest BCUT2D eigenvalue weighted by atomic mass is 19.1. The number of hydrogen-bond acceptors (Lipinski definition) is 4. The van der Waals surface area contributed by atoms with Crippen LogP contribution in [0.4, 0.5) is 4.39 Å². The lowest BCUT2D eigenvalue weighted by Crippen LogP contribution is -2.38. The molecule has 1 fully saturated rings. The number of benzene rings is 2. The minimum absolute atomic E-state index is 0.194. The zero-order chi connectivity index (χ0) is 16.4. The summed E-state index contributed by atoms with van der Waals surface area (Å²) in [6.45, 7) is 2.74. The van der Waals surface area contributed by atoms with E-state index in [4.69, 9.17) is 14.2 Å². The van der Waals surface area contributed by atoms with E-state index in [2.05, 4.69) is 5.32 Å². The van der Waals surface area contributed by atoms with E-state index in [9.17, 15) is 4.39 Å². The fourth-order valence-electron chi connectivity index (χ4n) is 3.42. The minimum Gasteiger partial charge on any atom is -0.493 e. The Morgan fingerprint density at radius 1 is 1.08 bits per heavy atom. The highest BCUT2D eigenvalue weighted by molar-refractivity contribution is 5.46. The van der Waals surface area contributed by atoms with Crippen molar-refractivity contribution in [3.05, 3.63) is 53.8 Å². The molecule has 0 aliphatic carbocycles. The van der Waals surface area contributed by atoms with Crippen molar-refractivity contribution in [1.82, 2.24) is 5.32 Å². The van der Waals surface area contributed by atoms with E-state index in [0.717, 1.165) is 36.8 Å². The van der Waals surface area contributed by atoms with Gasteiger partial charge >= 0.3 is 0 Å². The van der Waals surface area contributed by atoms with E-state index in [1.54, 1.807) is 0 Å². The molecule has 0 saturated carbocycles. The van der Waals surface area contributed by atoms with Gasteiger partial charge in [0.1, 0.15) is 11.6 Å². The third-order valence-corrected chi connectivity index (χ3v) is 4.71. The maximum absolute atomic E-state index is 13.2. The maximum atomic E-state index is 13.2. The summed E-state index contributed by atoms with van der Waals surface area (Å²) in [4.78, 5) is 0. The molecular formula is C19H20FNO3. The Bertz CT molecular complexity index is 704. The molecule has 2 heterocycles. The average Bonchev–Trinajstić information content (AvgIpc) is 3.09. The molecule has 0 radical (unpaired) electrons. The molecule has 1 unspecified atom stereocenters. The van der Waals surface area contributed by atoms with Crippen LogP contribution in [-0.4, -0.2) is 26.5 Å². The van der Waals surface area contributed by atoms with Crippen molar-refractivity contribution in [1.29, 1.82) is 0 Å². The van der Waals surface area contributed by atoms with Gasteiger partial charge < -0.3 is 19.5 Å². The largest absolute Gasteiger partial charge is 0.493 e. The summed E-state index contributed by atoms with van der Waals surface area (Å²) in [5.41, 5.74) is 1.18. The van der Waals surface area contributed by atoms with Crippen LogP contribution in [-0.2, 0) is 0 Å². The molecule has 0 bridgehead atoms. The number of hydrogen-bond donors (Lipinski definition) is 1. The smallest absolute Gasteiger partial charge is 0.231 e. The van der Waals surface area contributed by atoms with Gasteiger partial charge in [-0.2, -0.15) is 0 Å². The number of nitrogens with one attached hydrogen (secondary N) is 1. The topological polar surface area (TPSA) is 39.7 Å². The van der Waals surface area contributed by atoms with Gasteiger partial charge in [0.2, 0.25) is 6.79 Å². The summed E-state index contributed by atoms with van der Waals surface area (Å²) in [5, 5.41) is 3.43. The molecule has 2 aliphatic rings. The number of ether oxygens (including phenoxy) is 3. The van der Waals surface area contributed by atoms with Gasteiger partial charge in [0.05, 0.1) is 6.61 Å². The summed E-state index contributed by atoms with van der Waals surface area (Å²) in [5.74, 6) is 2.79. The van der Waals surface area contributed by atoms with Crippen molar-refractivity contribution in [2.45, 2.75) is 12.3 Å². The van der Waals surface area contributed by atoms with Crippen molar-refractivity contribution < 1.29 is 18.6 Å². The van der Waals surface area contributed by atoms with Crippen molar-refractivity contribution in [2.24, 2.45) is 5.92 Å². The first-order valence-electron chi connectivity index (χ1n) is 8.28. The Morgan fingerprint density at radius 2 is 1.92 bits per heavy atom. The van der Waals surface area contributed by atoms with Crippen LogP contribution in [0.5, 0.6) is 17.2 Å².